The van der Waals surface area contributed by atoms with Gasteiger partial charge in [-0.25, -0.2) is 19.6 Å². The average molecular weight is 1320 g/mol. The number of benzene rings is 2. The molecule has 24 heteroatoms. The Kier molecular flexibility index (Phi) is 20.9. The molecule has 2 aromatic carbocycles. The maximum absolute atomic E-state index is 12.9. The molecule has 470 valence electrons. The van der Waals surface area contributed by atoms with Crippen LogP contribution in [0.1, 0.15) is 91.2 Å². The van der Waals surface area contributed by atoms with Crippen LogP contribution in [0.5, 0.6) is 0 Å². The van der Waals surface area contributed by atoms with Crippen LogP contribution in [0.25, 0.3) is 11.1 Å². The zero-order valence-electron chi connectivity index (χ0n) is 50.9. The fraction of sp³-hybridized carbons (Fsp3) is 0.613. The minimum absolute atomic E-state index is 0.112. The Labute approximate surface area is 516 Å². The Hall–Kier alpha value is -5.31. The lowest BCUT2D eigenvalue weighted by atomic mass is 9.76. The molecule has 9 heterocycles. The number of carbonyl (C=O) groups excluding carboxylic acids is 2. The van der Waals surface area contributed by atoms with Crippen LogP contribution in [0.3, 0.4) is 0 Å². The number of aromatic nitrogens is 2. The zero-order chi connectivity index (χ0) is 61.7. The molecule has 0 radical (unpaired) electrons. The van der Waals surface area contributed by atoms with Gasteiger partial charge in [0.15, 0.2) is 0 Å². The molecule has 0 aliphatic carbocycles. The van der Waals surface area contributed by atoms with E-state index in [0.29, 0.717) is 56.4 Å². The summed E-state index contributed by atoms with van der Waals surface area (Å²) < 4.78 is 101. The van der Waals surface area contributed by atoms with Crippen LogP contribution in [-0.2, 0) is 18.8 Å². The van der Waals surface area contributed by atoms with E-state index in [1.54, 1.807) is 12.1 Å². The highest BCUT2D eigenvalue weighted by Crippen LogP contribution is 2.39. The largest absolute Gasteiger partial charge is 0.495 e. The summed E-state index contributed by atoms with van der Waals surface area (Å²) in [5.41, 5.74) is 5.08. The predicted octanol–water partition coefficient (Wildman–Crippen LogP) is 12.0. The molecule has 0 spiro atoms. The number of nitrogens with one attached hydrogen (secondary N) is 2. The van der Waals surface area contributed by atoms with Gasteiger partial charge in [0.2, 0.25) is 0 Å². The molecule has 11 rings (SSSR count). The normalized spacial score (nSPS) is 23.1. The summed E-state index contributed by atoms with van der Waals surface area (Å²) in [4.78, 5) is 47.5. The van der Waals surface area contributed by atoms with Gasteiger partial charge >= 0.3 is 31.5 Å². The van der Waals surface area contributed by atoms with Crippen molar-refractivity contribution in [3.8, 4) is 11.1 Å². The topological polar surface area (TPSA) is 140 Å². The zero-order valence-corrected chi connectivity index (χ0v) is 53.0. The molecule has 0 unspecified atom stereocenters. The van der Waals surface area contributed by atoms with Gasteiger partial charge in [-0.2, -0.15) is 26.3 Å². The van der Waals surface area contributed by atoms with Crippen molar-refractivity contribution in [3.05, 3.63) is 75.4 Å². The first-order chi connectivity index (χ1) is 40.6. The number of carbonyl (C=O) groups is 2. The highest BCUT2D eigenvalue weighted by molar-refractivity contribution is 14.1. The van der Waals surface area contributed by atoms with Gasteiger partial charge in [-0.1, -0.05) is 31.5 Å². The third-order valence-corrected chi connectivity index (χ3v) is 18.4. The molecule has 4 aromatic rings. The molecule has 7 aliphatic heterocycles. The van der Waals surface area contributed by atoms with Crippen molar-refractivity contribution in [2.45, 2.75) is 117 Å². The van der Waals surface area contributed by atoms with Gasteiger partial charge in [0.1, 0.15) is 23.3 Å². The van der Waals surface area contributed by atoms with Crippen LogP contribution < -0.4 is 35.7 Å². The van der Waals surface area contributed by atoms with Crippen molar-refractivity contribution >= 4 is 81.9 Å². The van der Waals surface area contributed by atoms with Gasteiger partial charge in [-0.15, -0.1) is 0 Å². The highest BCUT2D eigenvalue weighted by Gasteiger charge is 2.52. The van der Waals surface area contributed by atoms with Crippen LogP contribution >= 0.6 is 22.6 Å². The number of hydrogen-bond acceptors (Lipinski definition) is 12. The standard InChI is InChI=1S/C28H36F3N5O2.C20H28BF3N2O3.C14H20IN3O/c1-19-5-7-35(17-19)26-14-22(13-25(33-26)34-9-11-38-12-10-34)24-15-23(4-3-20(24)2)32-27(37)36-8-6-21(18-36)16-28(29,30)31;1-13-6-7-15(10-16(13)21-28-18(2,3)19(4,5)29-21)25-17(27)26-9-8-14(12-26)11-20(22,23)24;1-11-2-3-18(10-11)14-9-12(15)8-13(16-14)17-4-6-19-7-5-17/h3-4,13-15,19,21H,5-12,16-18H2,1-2H3,(H,32,37);6-7,10,14H,8-9,11-12H2,1-5H3,(H,25,27);8-9,11H,2-7,10H2,1H3/t19-,21-;14-;11-/m000/s1. The number of pyridine rings is 2. The predicted molar refractivity (Wildman–Crippen MR) is 335 cm³/mol. The van der Waals surface area contributed by atoms with Gasteiger partial charge in [0, 0.05) is 106 Å². The third-order valence-electron chi connectivity index (χ3n) is 17.8. The fourth-order valence-electron chi connectivity index (χ4n) is 12.0. The van der Waals surface area contributed by atoms with E-state index in [2.05, 4.69) is 90.9 Å². The molecule has 2 aromatic heterocycles. The number of rotatable bonds is 10. The molecule has 4 amide bonds. The summed E-state index contributed by atoms with van der Waals surface area (Å²) in [6.07, 6.45) is -6.97. The number of nitrogens with zero attached hydrogens (tertiary/aromatic N) is 8. The summed E-state index contributed by atoms with van der Waals surface area (Å²) in [5.74, 6) is 4.43. The minimum Gasteiger partial charge on any atom is -0.399 e. The van der Waals surface area contributed by atoms with Gasteiger partial charge in [0.05, 0.1) is 37.6 Å². The molecular formula is C62H84BF6IN10O6. The van der Waals surface area contributed by atoms with Crippen molar-refractivity contribution < 1.29 is 54.7 Å². The molecular weight excluding hydrogens is 1230 g/mol. The average Bonchev–Trinajstić information content (AvgIpc) is 2.58. The molecule has 0 bridgehead atoms. The first-order valence-corrected chi connectivity index (χ1v) is 31.4. The number of halogens is 7. The molecule has 4 atom stereocenters. The number of anilines is 6. The fourth-order valence-corrected chi connectivity index (χ4v) is 12.6. The second kappa shape index (κ2) is 27.6. The highest BCUT2D eigenvalue weighted by atomic mass is 127. The first kappa shape index (κ1) is 65.1. The molecule has 7 fully saturated rings. The van der Waals surface area contributed by atoms with Gasteiger partial charge in [-0.3, -0.25) is 0 Å². The van der Waals surface area contributed by atoms with Gasteiger partial charge in [0.25, 0.3) is 0 Å². The maximum atomic E-state index is 12.9. The lowest BCUT2D eigenvalue weighted by Crippen LogP contribution is -2.41. The van der Waals surface area contributed by atoms with Gasteiger partial charge < -0.3 is 58.8 Å². The van der Waals surface area contributed by atoms with E-state index in [9.17, 15) is 35.9 Å². The van der Waals surface area contributed by atoms with Crippen molar-refractivity contribution in [1.82, 2.24) is 19.8 Å². The molecule has 16 nitrogen and oxygen atoms in total. The van der Waals surface area contributed by atoms with Crippen LogP contribution in [0.2, 0.25) is 0 Å². The lowest BCUT2D eigenvalue weighted by Gasteiger charge is -2.32. The molecule has 7 saturated heterocycles. The van der Waals surface area contributed by atoms with E-state index < -0.39 is 61.4 Å². The number of likely N-dealkylation sites (tertiary alicyclic amines) is 2. The number of hydrogen-bond donors (Lipinski definition) is 2. The van der Waals surface area contributed by atoms with Crippen LogP contribution in [-0.4, -0.2) is 167 Å². The smallest absolute Gasteiger partial charge is 0.399 e. The summed E-state index contributed by atoms with van der Waals surface area (Å²) in [5, 5.41) is 5.71. The Morgan fingerprint density at radius 3 is 1.43 bits per heavy atom. The first-order valence-electron chi connectivity index (χ1n) is 30.3. The van der Waals surface area contributed by atoms with Gasteiger partial charge in [-0.05, 0) is 184 Å². The number of amides is 4. The van der Waals surface area contributed by atoms with E-state index in [-0.39, 0.29) is 19.1 Å². The summed E-state index contributed by atoms with van der Waals surface area (Å²) in [6, 6.07) is 19.0. The quantitative estimate of drug-likeness (QED) is 0.0887. The molecule has 2 N–H and O–H groups in total. The van der Waals surface area contributed by atoms with Crippen LogP contribution in [0.4, 0.5) is 70.6 Å². The van der Waals surface area contributed by atoms with Crippen molar-refractivity contribution in [2.24, 2.45) is 23.7 Å². The Bertz CT molecular complexity index is 2920. The number of morpholine rings is 2. The van der Waals surface area contributed by atoms with E-state index in [1.165, 1.54) is 19.8 Å². The molecule has 86 heavy (non-hydrogen) atoms. The number of ether oxygens (including phenoxy) is 2. The molecule has 7 aliphatic rings. The lowest BCUT2D eigenvalue weighted by molar-refractivity contribution is -0.144. The summed E-state index contributed by atoms with van der Waals surface area (Å²) in [6.45, 7) is 28.0. The van der Waals surface area contributed by atoms with Crippen molar-refractivity contribution in [1.29, 1.82) is 0 Å². The minimum atomic E-state index is -4.21. The third kappa shape index (κ3) is 17.3. The SMILES string of the molecule is C[C@H]1CCN(c2cc(I)cc(N3CCOCC3)n2)C1.Cc1ccc(NC(=O)N2CC[C@@H](CC(F)(F)F)C2)cc1-c1cc(N2CCOCC2)nc(N2CC[C@H](C)C2)c1.Cc1ccc(NC(=O)N2CC[C@@H](CC(F)(F)F)C2)cc1B1OC(C)(C)C(C)(C)O1. The summed E-state index contributed by atoms with van der Waals surface area (Å²) >= 11 is 2.39. The Morgan fingerprint density at radius 1 is 0.570 bits per heavy atom. The van der Waals surface area contributed by atoms with Crippen LogP contribution in [0, 0.1) is 41.1 Å². The number of alkyl halides is 6. The van der Waals surface area contributed by atoms with Crippen molar-refractivity contribution in [2.75, 3.05) is 135 Å². The second-order valence-electron chi connectivity index (χ2n) is 25.3. The Morgan fingerprint density at radius 2 is 0.988 bits per heavy atom. The second-order valence-corrected chi connectivity index (χ2v) is 26.6. The van der Waals surface area contributed by atoms with E-state index in [4.69, 9.17) is 28.8 Å². The number of aryl methyl sites for hydroxylation is 2. The van der Waals surface area contributed by atoms with Crippen molar-refractivity contribution in [3.63, 3.8) is 0 Å². The summed E-state index contributed by atoms with van der Waals surface area (Å²) in [7, 11) is -0.556. The molecule has 0 saturated carbocycles. The monoisotopic (exact) mass is 1320 g/mol. The van der Waals surface area contributed by atoms with E-state index in [0.717, 1.165) is 129 Å². The number of urea groups is 2. The van der Waals surface area contributed by atoms with Crippen LogP contribution in [0.15, 0.2) is 60.7 Å². The van der Waals surface area contributed by atoms with E-state index >= 15 is 0 Å². The van der Waals surface area contributed by atoms with E-state index in [1.807, 2.05) is 65.8 Å². The Balaban J connectivity index is 0.000000163. The maximum Gasteiger partial charge on any atom is 0.495 e.